The molecule has 0 unspecified atom stereocenters. The van der Waals surface area contributed by atoms with Crippen LogP contribution < -0.4 is 14.4 Å². The average Bonchev–Trinajstić information content (AvgIpc) is 2.61. The Labute approximate surface area is 159 Å². The Bertz CT molecular complexity index is 945. The number of halogens is 1. The number of anilines is 1. The predicted molar refractivity (Wildman–Crippen MR) is 102 cm³/mol. The third kappa shape index (κ3) is 4.84. The van der Waals surface area contributed by atoms with E-state index in [1.807, 2.05) is 13.8 Å². The van der Waals surface area contributed by atoms with Gasteiger partial charge in [-0.2, -0.15) is 0 Å². The minimum absolute atomic E-state index is 0.0113. The number of aryl methyl sites for hydroxylation is 2. The first-order valence-corrected chi connectivity index (χ1v) is 9.83. The fraction of sp³-hybridized carbons (Fsp3) is 0.316. The summed E-state index contributed by atoms with van der Waals surface area (Å²) in [5.41, 5.74) is 1.83. The summed E-state index contributed by atoms with van der Waals surface area (Å²) >= 11 is 0. The van der Waals surface area contributed by atoms with E-state index in [0.717, 1.165) is 11.1 Å². The molecular formula is C19H23FN2O4S. The van der Waals surface area contributed by atoms with E-state index in [1.54, 1.807) is 12.1 Å². The summed E-state index contributed by atoms with van der Waals surface area (Å²) in [5, 5.41) is 0. The predicted octanol–water partition coefficient (Wildman–Crippen LogP) is 2.78. The van der Waals surface area contributed by atoms with Crippen LogP contribution in [0.3, 0.4) is 0 Å². The van der Waals surface area contributed by atoms with Crippen molar-refractivity contribution >= 4 is 21.6 Å². The molecule has 0 aliphatic heterocycles. The lowest BCUT2D eigenvalue weighted by molar-refractivity contribution is -0.116. The molecule has 0 radical (unpaired) electrons. The van der Waals surface area contributed by atoms with Crippen LogP contribution in [0.15, 0.2) is 41.3 Å². The van der Waals surface area contributed by atoms with Gasteiger partial charge >= 0.3 is 0 Å². The quantitative estimate of drug-likeness (QED) is 0.784. The molecular weight excluding hydrogens is 371 g/mol. The van der Waals surface area contributed by atoms with Gasteiger partial charge in [-0.1, -0.05) is 12.1 Å². The van der Waals surface area contributed by atoms with Gasteiger partial charge in [0.15, 0.2) is 0 Å². The number of carbonyl (C=O) groups excluding carboxylic acids is 1. The van der Waals surface area contributed by atoms with Gasteiger partial charge < -0.3 is 9.64 Å². The van der Waals surface area contributed by atoms with Gasteiger partial charge in [0.1, 0.15) is 16.5 Å². The highest BCUT2D eigenvalue weighted by molar-refractivity contribution is 7.89. The van der Waals surface area contributed by atoms with Gasteiger partial charge in [-0.15, -0.1) is 0 Å². The van der Waals surface area contributed by atoms with E-state index in [-0.39, 0.29) is 35.3 Å². The number of para-hydroxylation sites is 1. The zero-order valence-electron chi connectivity index (χ0n) is 15.7. The topological polar surface area (TPSA) is 75.7 Å². The number of methoxy groups -OCH3 is 1. The summed E-state index contributed by atoms with van der Waals surface area (Å²) in [4.78, 5) is 13.1. The largest absolute Gasteiger partial charge is 0.495 e. The van der Waals surface area contributed by atoms with Crippen LogP contribution in [-0.4, -0.2) is 34.5 Å². The second kappa shape index (κ2) is 8.49. The molecule has 0 saturated heterocycles. The monoisotopic (exact) mass is 394 g/mol. The molecule has 2 aromatic rings. The van der Waals surface area contributed by atoms with E-state index in [1.165, 1.54) is 43.2 Å². The normalized spacial score (nSPS) is 11.3. The van der Waals surface area contributed by atoms with E-state index in [4.69, 9.17) is 4.74 Å². The number of hydrogen-bond donors (Lipinski definition) is 1. The number of sulfonamides is 1. The Balaban J connectivity index is 2.19. The van der Waals surface area contributed by atoms with E-state index in [2.05, 4.69) is 4.72 Å². The number of ether oxygens (including phenoxy) is 1. The molecule has 2 aromatic carbocycles. The summed E-state index contributed by atoms with van der Waals surface area (Å²) in [6, 6.07) is 9.04. The molecule has 0 aliphatic carbocycles. The van der Waals surface area contributed by atoms with Crippen molar-refractivity contribution < 1.29 is 22.3 Å². The number of nitrogens with zero attached hydrogens (tertiary/aromatic N) is 1. The second-order valence-corrected chi connectivity index (χ2v) is 7.84. The van der Waals surface area contributed by atoms with Crippen LogP contribution in [0, 0.1) is 19.7 Å². The van der Waals surface area contributed by atoms with Crippen LogP contribution in [0.25, 0.3) is 0 Å². The van der Waals surface area contributed by atoms with Gasteiger partial charge in [-0.25, -0.2) is 17.5 Å². The molecule has 0 saturated carbocycles. The fourth-order valence-electron chi connectivity index (χ4n) is 2.62. The standard InChI is InChI=1S/C19H23FN2O4S/c1-13-11-18(26-4)19(12-14(13)2)27(24,25)21-9-10-22(15(3)23)17-8-6-5-7-16(17)20/h5-8,11-12,21H,9-10H2,1-4H3. The van der Waals surface area contributed by atoms with Gasteiger partial charge in [0.25, 0.3) is 0 Å². The number of rotatable bonds is 7. The lowest BCUT2D eigenvalue weighted by atomic mass is 10.1. The van der Waals surface area contributed by atoms with Gasteiger partial charge in [0.2, 0.25) is 15.9 Å². The number of nitrogens with one attached hydrogen (secondary N) is 1. The Morgan fingerprint density at radius 3 is 2.41 bits per heavy atom. The first-order chi connectivity index (χ1) is 12.7. The van der Waals surface area contributed by atoms with Crippen LogP contribution >= 0.6 is 0 Å². The summed E-state index contributed by atoms with van der Waals surface area (Å²) in [5.74, 6) is -0.697. The maximum Gasteiger partial charge on any atom is 0.244 e. The van der Waals surface area contributed by atoms with Crippen molar-refractivity contribution in [3.05, 3.63) is 53.3 Å². The molecule has 0 fully saturated rings. The maximum absolute atomic E-state index is 14.0. The number of amides is 1. The van der Waals surface area contributed by atoms with Crippen molar-refractivity contribution in [2.45, 2.75) is 25.7 Å². The third-order valence-electron chi connectivity index (χ3n) is 4.22. The highest BCUT2D eigenvalue weighted by Crippen LogP contribution is 2.27. The van der Waals surface area contributed by atoms with Crippen molar-refractivity contribution in [1.82, 2.24) is 4.72 Å². The highest BCUT2D eigenvalue weighted by atomic mass is 32.2. The van der Waals surface area contributed by atoms with Crippen molar-refractivity contribution in [3.8, 4) is 5.75 Å². The van der Waals surface area contributed by atoms with Gasteiger partial charge in [-0.3, -0.25) is 4.79 Å². The van der Waals surface area contributed by atoms with Crippen LogP contribution in [0.2, 0.25) is 0 Å². The summed E-state index contributed by atoms with van der Waals surface area (Å²) in [7, 11) is -2.46. The van der Waals surface area contributed by atoms with E-state index in [9.17, 15) is 17.6 Å². The van der Waals surface area contributed by atoms with E-state index in [0.29, 0.717) is 0 Å². The highest BCUT2D eigenvalue weighted by Gasteiger charge is 2.22. The molecule has 146 valence electrons. The Morgan fingerprint density at radius 1 is 1.19 bits per heavy atom. The zero-order valence-corrected chi connectivity index (χ0v) is 16.6. The van der Waals surface area contributed by atoms with Gasteiger partial charge in [-0.05, 0) is 49.2 Å². The number of hydrogen-bond acceptors (Lipinski definition) is 4. The van der Waals surface area contributed by atoms with Crippen molar-refractivity contribution in [2.24, 2.45) is 0 Å². The lowest BCUT2D eigenvalue weighted by Crippen LogP contribution is -2.38. The van der Waals surface area contributed by atoms with Crippen molar-refractivity contribution in [2.75, 3.05) is 25.1 Å². The number of carbonyl (C=O) groups is 1. The maximum atomic E-state index is 14.0. The first kappa shape index (κ1) is 20.9. The average molecular weight is 394 g/mol. The van der Waals surface area contributed by atoms with Gasteiger partial charge in [0.05, 0.1) is 12.8 Å². The minimum atomic E-state index is -3.86. The molecule has 0 aliphatic rings. The van der Waals surface area contributed by atoms with Crippen LogP contribution in [0.4, 0.5) is 10.1 Å². The van der Waals surface area contributed by atoms with E-state index < -0.39 is 15.8 Å². The van der Waals surface area contributed by atoms with Crippen molar-refractivity contribution in [1.29, 1.82) is 0 Å². The van der Waals surface area contributed by atoms with Crippen molar-refractivity contribution in [3.63, 3.8) is 0 Å². The summed E-state index contributed by atoms with van der Waals surface area (Å²) < 4.78 is 46.9. The molecule has 0 atom stereocenters. The molecule has 6 nitrogen and oxygen atoms in total. The molecule has 2 rings (SSSR count). The molecule has 1 amide bonds. The third-order valence-corrected chi connectivity index (χ3v) is 5.70. The first-order valence-electron chi connectivity index (χ1n) is 8.35. The Hall–Kier alpha value is -2.45. The Kier molecular flexibility index (Phi) is 6.56. The molecule has 0 bridgehead atoms. The smallest absolute Gasteiger partial charge is 0.244 e. The molecule has 27 heavy (non-hydrogen) atoms. The molecule has 0 aromatic heterocycles. The zero-order chi connectivity index (χ0) is 20.2. The molecule has 8 heteroatoms. The van der Waals surface area contributed by atoms with E-state index >= 15 is 0 Å². The molecule has 0 spiro atoms. The van der Waals surface area contributed by atoms with Gasteiger partial charge in [0, 0.05) is 20.0 Å². The fourth-order valence-corrected chi connectivity index (χ4v) is 3.88. The SMILES string of the molecule is COc1cc(C)c(C)cc1S(=O)(=O)NCCN(C(C)=O)c1ccccc1F. The number of benzene rings is 2. The Morgan fingerprint density at radius 2 is 1.81 bits per heavy atom. The molecule has 1 N–H and O–H groups in total. The molecule has 0 heterocycles. The minimum Gasteiger partial charge on any atom is -0.495 e. The second-order valence-electron chi connectivity index (χ2n) is 6.11. The van der Waals surface area contributed by atoms with Crippen LogP contribution in [0.5, 0.6) is 5.75 Å². The summed E-state index contributed by atoms with van der Waals surface area (Å²) in [6.45, 7) is 4.88. The van der Waals surface area contributed by atoms with Crippen LogP contribution in [0.1, 0.15) is 18.1 Å². The van der Waals surface area contributed by atoms with Crippen LogP contribution in [-0.2, 0) is 14.8 Å². The summed E-state index contributed by atoms with van der Waals surface area (Å²) in [6.07, 6.45) is 0. The lowest BCUT2D eigenvalue weighted by Gasteiger charge is -2.22.